The van der Waals surface area contributed by atoms with Crippen molar-refractivity contribution in [1.82, 2.24) is 0 Å². The molecule has 1 aliphatic heterocycles. The van der Waals surface area contributed by atoms with Crippen LogP contribution in [0.1, 0.15) is 19.4 Å². The highest BCUT2D eigenvalue weighted by Crippen LogP contribution is 2.39. The number of hydrogen-bond acceptors (Lipinski definition) is 8. The summed E-state index contributed by atoms with van der Waals surface area (Å²) in [7, 11) is 0. The van der Waals surface area contributed by atoms with Gasteiger partial charge in [-0.2, -0.15) is 0 Å². The van der Waals surface area contributed by atoms with Crippen molar-refractivity contribution in [3.05, 3.63) is 42.0 Å². The standard InChI is InChI=1S/C25H32N2O7/c1-4-31-22-15-20(27-10-12-30-13-11-27)23(32-5-2)14-19(22)26-24(28)16-34-25(29)17-33-21-9-7-6-8-18(21)3/h6-9,14-15H,4-5,10-13,16-17H2,1-3H3,(H,26,28). The van der Waals surface area contributed by atoms with Crippen molar-refractivity contribution < 1.29 is 33.3 Å². The number of carbonyl (C=O) groups is 2. The molecule has 1 fully saturated rings. The molecule has 0 bridgehead atoms. The second-order valence-corrected chi connectivity index (χ2v) is 7.54. The minimum Gasteiger partial charge on any atom is -0.492 e. The molecule has 0 aromatic heterocycles. The summed E-state index contributed by atoms with van der Waals surface area (Å²) in [5.74, 6) is 0.601. The van der Waals surface area contributed by atoms with Crippen LogP contribution in [0.5, 0.6) is 17.2 Å². The van der Waals surface area contributed by atoms with Gasteiger partial charge >= 0.3 is 5.97 Å². The van der Waals surface area contributed by atoms with Crippen molar-refractivity contribution in [2.24, 2.45) is 0 Å². The van der Waals surface area contributed by atoms with Gasteiger partial charge in [0.25, 0.3) is 5.91 Å². The molecule has 0 atom stereocenters. The number of esters is 1. The molecule has 0 aliphatic carbocycles. The van der Waals surface area contributed by atoms with Crippen LogP contribution >= 0.6 is 0 Å². The van der Waals surface area contributed by atoms with Gasteiger partial charge in [-0.1, -0.05) is 18.2 Å². The predicted octanol–water partition coefficient (Wildman–Crippen LogP) is 3.19. The molecular formula is C25H32N2O7. The summed E-state index contributed by atoms with van der Waals surface area (Å²) in [6, 6.07) is 10.9. The Morgan fingerprint density at radius 2 is 1.65 bits per heavy atom. The summed E-state index contributed by atoms with van der Waals surface area (Å²) in [5.41, 5.74) is 2.23. The van der Waals surface area contributed by atoms with Gasteiger partial charge in [-0.3, -0.25) is 4.79 Å². The van der Waals surface area contributed by atoms with E-state index in [-0.39, 0.29) is 6.61 Å². The Morgan fingerprint density at radius 3 is 2.35 bits per heavy atom. The van der Waals surface area contributed by atoms with Crippen LogP contribution < -0.4 is 24.4 Å². The fourth-order valence-corrected chi connectivity index (χ4v) is 3.47. The van der Waals surface area contributed by atoms with Crippen molar-refractivity contribution in [3.8, 4) is 17.2 Å². The average Bonchev–Trinajstić information content (AvgIpc) is 2.84. The maximum Gasteiger partial charge on any atom is 0.344 e. The minimum atomic E-state index is -0.638. The Kier molecular flexibility index (Phi) is 9.40. The first kappa shape index (κ1) is 25.2. The number of carbonyl (C=O) groups excluding carboxylic acids is 2. The first-order chi connectivity index (χ1) is 16.5. The van der Waals surface area contributed by atoms with Crippen molar-refractivity contribution in [2.75, 3.05) is 62.9 Å². The quantitative estimate of drug-likeness (QED) is 0.498. The van der Waals surface area contributed by atoms with E-state index in [2.05, 4.69) is 10.2 Å². The number of aryl methyl sites for hydroxylation is 1. The van der Waals surface area contributed by atoms with E-state index in [4.69, 9.17) is 23.7 Å². The maximum atomic E-state index is 12.5. The zero-order chi connectivity index (χ0) is 24.3. The zero-order valence-electron chi connectivity index (χ0n) is 19.9. The third-order valence-corrected chi connectivity index (χ3v) is 5.09. The number of morpholine rings is 1. The summed E-state index contributed by atoms with van der Waals surface area (Å²) in [6.07, 6.45) is 0. The van der Waals surface area contributed by atoms with Crippen LogP contribution in [0.4, 0.5) is 11.4 Å². The first-order valence-corrected chi connectivity index (χ1v) is 11.4. The Hall–Kier alpha value is -3.46. The zero-order valence-corrected chi connectivity index (χ0v) is 19.9. The fraction of sp³-hybridized carbons (Fsp3) is 0.440. The van der Waals surface area contributed by atoms with Gasteiger partial charge in [-0.25, -0.2) is 4.79 Å². The lowest BCUT2D eigenvalue weighted by Gasteiger charge is -2.31. The SMILES string of the molecule is CCOc1cc(N2CCOCC2)c(OCC)cc1NC(=O)COC(=O)COc1ccccc1C. The van der Waals surface area contributed by atoms with Crippen molar-refractivity contribution in [1.29, 1.82) is 0 Å². The Balaban J connectivity index is 1.63. The van der Waals surface area contributed by atoms with Crippen LogP contribution in [-0.2, 0) is 19.1 Å². The molecule has 1 amide bonds. The van der Waals surface area contributed by atoms with E-state index < -0.39 is 18.5 Å². The number of amides is 1. The first-order valence-electron chi connectivity index (χ1n) is 11.4. The van der Waals surface area contributed by atoms with Gasteiger partial charge in [0.15, 0.2) is 13.2 Å². The van der Waals surface area contributed by atoms with Crippen molar-refractivity contribution >= 4 is 23.3 Å². The third-order valence-electron chi connectivity index (χ3n) is 5.09. The van der Waals surface area contributed by atoms with Crippen LogP contribution in [0.15, 0.2) is 36.4 Å². The predicted molar refractivity (Wildman–Crippen MR) is 128 cm³/mol. The summed E-state index contributed by atoms with van der Waals surface area (Å²) >= 11 is 0. The lowest BCUT2D eigenvalue weighted by atomic mass is 10.2. The van der Waals surface area contributed by atoms with E-state index in [1.807, 2.05) is 45.0 Å². The van der Waals surface area contributed by atoms with Crippen LogP contribution in [0.25, 0.3) is 0 Å². The van der Waals surface area contributed by atoms with Gasteiger partial charge in [0.2, 0.25) is 0 Å². The topological polar surface area (TPSA) is 95.6 Å². The molecule has 0 radical (unpaired) electrons. The number of rotatable bonds is 11. The Bertz CT molecular complexity index is 974. The highest BCUT2D eigenvalue weighted by Gasteiger charge is 2.21. The van der Waals surface area contributed by atoms with Gasteiger partial charge < -0.3 is 33.9 Å². The highest BCUT2D eigenvalue weighted by molar-refractivity contribution is 5.95. The van der Waals surface area contributed by atoms with Gasteiger partial charge in [0.05, 0.1) is 37.8 Å². The average molecular weight is 473 g/mol. The fourth-order valence-electron chi connectivity index (χ4n) is 3.47. The van der Waals surface area contributed by atoms with Gasteiger partial charge in [0, 0.05) is 25.2 Å². The van der Waals surface area contributed by atoms with E-state index in [1.165, 1.54) is 0 Å². The molecule has 2 aromatic carbocycles. The molecule has 0 unspecified atom stereocenters. The van der Waals surface area contributed by atoms with Gasteiger partial charge in [0.1, 0.15) is 17.2 Å². The van der Waals surface area contributed by atoms with Crippen LogP contribution in [0.3, 0.4) is 0 Å². The lowest BCUT2D eigenvalue weighted by Crippen LogP contribution is -2.36. The van der Waals surface area contributed by atoms with E-state index in [9.17, 15) is 9.59 Å². The molecule has 9 heteroatoms. The van der Waals surface area contributed by atoms with Crippen LogP contribution in [0, 0.1) is 6.92 Å². The van der Waals surface area contributed by atoms with E-state index in [0.29, 0.717) is 49.4 Å². The Morgan fingerprint density at radius 1 is 0.941 bits per heavy atom. The summed E-state index contributed by atoms with van der Waals surface area (Å²) in [5, 5.41) is 2.76. The normalized spacial score (nSPS) is 13.2. The smallest absolute Gasteiger partial charge is 0.344 e. The summed E-state index contributed by atoms with van der Waals surface area (Å²) in [6.45, 7) is 8.53. The molecule has 9 nitrogen and oxygen atoms in total. The molecule has 184 valence electrons. The number of anilines is 2. The van der Waals surface area contributed by atoms with E-state index >= 15 is 0 Å². The molecular weight excluding hydrogens is 440 g/mol. The molecule has 2 aromatic rings. The number of ether oxygens (including phenoxy) is 5. The third kappa shape index (κ3) is 7.02. The number of hydrogen-bond donors (Lipinski definition) is 1. The molecule has 1 aliphatic rings. The molecule has 34 heavy (non-hydrogen) atoms. The molecule has 0 spiro atoms. The number of nitrogens with one attached hydrogen (secondary N) is 1. The highest BCUT2D eigenvalue weighted by atomic mass is 16.6. The molecule has 0 saturated carbocycles. The summed E-state index contributed by atoms with van der Waals surface area (Å²) in [4.78, 5) is 26.7. The second-order valence-electron chi connectivity index (χ2n) is 7.54. The molecule has 3 rings (SSSR count). The summed E-state index contributed by atoms with van der Waals surface area (Å²) < 4.78 is 27.6. The number of benzene rings is 2. The monoisotopic (exact) mass is 472 g/mol. The van der Waals surface area contributed by atoms with E-state index in [0.717, 1.165) is 24.3 Å². The van der Waals surface area contributed by atoms with Gasteiger partial charge in [-0.15, -0.1) is 0 Å². The van der Waals surface area contributed by atoms with Crippen molar-refractivity contribution in [3.63, 3.8) is 0 Å². The molecule has 1 heterocycles. The number of para-hydroxylation sites is 1. The lowest BCUT2D eigenvalue weighted by molar-refractivity contribution is -0.149. The number of nitrogens with zero attached hydrogens (tertiary/aromatic N) is 1. The van der Waals surface area contributed by atoms with Crippen LogP contribution in [-0.4, -0.2) is 64.6 Å². The van der Waals surface area contributed by atoms with Gasteiger partial charge in [-0.05, 0) is 32.4 Å². The van der Waals surface area contributed by atoms with Crippen molar-refractivity contribution in [2.45, 2.75) is 20.8 Å². The Labute approximate surface area is 199 Å². The molecule has 1 N–H and O–H groups in total. The maximum absolute atomic E-state index is 12.5. The minimum absolute atomic E-state index is 0.287. The van der Waals surface area contributed by atoms with Crippen LogP contribution in [0.2, 0.25) is 0 Å². The molecule has 1 saturated heterocycles. The van der Waals surface area contributed by atoms with E-state index in [1.54, 1.807) is 12.1 Å². The largest absolute Gasteiger partial charge is 0.492 e. The second kappa shape index (κ2) is 12.7.